The van der Waals surface area contributed by atoms with Crippen LogP contribution < -0.4 is 5.32 Å². The van der Waals surface area contributed by atoms with Gasteiger partial charge in [0.1, 0.15) is 12.4 Å². The van der Waals surface area contributed by atoms with Crippen LogP contribution in [-0.2, 0) is 9.53 Å². The molecule has 1 rings (SSSR count). The third kappa shape index (κ3) is 3.53. The molecule has 4 nitrogen and oxygen atoms in total. The van der Waals surface area contributed by atoms with E-state index in [9.17, 15) is 4.79 Å². The number of hydrogen-bond acceptors (Lipinski definition) is 3. The first-order valence-corrected chi connectivity index (χ1v) is 4.52. The summed E-state index contributed by atoms with van der Waals surface area (Å²) < 4.78 is 4.96. The number of rotatable bonds is 4. The van der Waals surface area contributed by atoms with Crippen molar-refractivity contribution >= 4 is 11.7 Å². The summed E-state index contributed by atoms with van der Waals surface area (Å²) in [4.78, 5) is 15.2. The summed E-state index contributed by atoms with van der Waals surface area (Å²) >= 11 is 0. The third-order valence-corrected chi connectivity index (χ3v) is 1.62. The standard InChI is InChI=1S/C10H14N2O2/c1-3-14-7-10(13)12-9-6-8(2)4-5-11-9/h4-6H,3,7H2,1-2H3,(H,11,12,13). The highest BCUT2D eigenvalue weighted by molar-refractivity contribution is 5.90. The van der Waals surface area contributed by atoms with E-state index >= 15 is 0 Å². The molecule has 4 heteroatoms. The van der Waals surface area contributed by atoms with E-state index in [-0.39, 0.29) is 12.5 Å². The van der Waals surface area contributed by atoms with E-state index in [0.29, 0.717) is 12.4 Å². The van der Waals surface area contributed by atoms with Gasteiger partial charge in [-0.05, 0) is 31.5 Å². The van der Waals surface area contributed by atoms with Crippen molar-refractivity contribution in [3.8, 4) is 0 Å². The Morgan fingerprint density at radius 1 is 1.64 bits per heavy atom. The Labute approximate surface area is 83.3 Å². The zero-order valence-electron chi connectivity index (χ0n) is 8.41. The molecule has 0 aliphatic heterocycles. The second-order valence-electron chi connectivity index (χ2n) is 2.90. The highest BCUT2D eigenvalue weighted by atomic mass is 16.5. The highest BCUT2D eigenvalue weighted by Crippen LogP contribution is 2.04. The first-order valence-electron chi connectivity index (χ1n) is 4.52. The minimum Gasteiger partial charge on any atom is -0.372 e. The van der Waals surface area contributed by atoms with Gasteiger partial charge in [0, 0.05) is 12.8 Å². The van der Waals surface area contributed by atoms with Gasteiger partial charge in [0.25, 0.3) is 5.91 Å². The van der Waals surface area contributed by atoms with Crippen molar-refractivity contribution in [3.63, 3.8) is 0 Å². The molecule has 1 N–H and O–H groups in total. The maximum absolute atomic E-state index is 11.2. The number of carbonyl (C=O) groups is 1. The Bertz CT molecular complexity index is 313. The lowest BCUT2D eigenvalue weighted by Gasteiger charge is -2.04. The maximum atomic E-state index is 11.2. The van der Waals surface area contributed by atoms with Gasteiger partial charge in [0.2, 0.25) is 0 Å². The number of hydrogen-bond donors (Lipinski definition) is 1. The first kappa shape index (κ1) is 10.7. The number of pyridine rings is 1. The van der Waals surface area contributed by atoms with Crippen LogP contribution in [0.4, 0.5) is 5.82 Å². The average Bonchev–Trinajstić information content (AvgIpc) is 2.15. The van der Waals surface area contributed by atoms with Crippen LogP contribution >= 0.6 is 0 Å². The molecule has 0 saturated carbocycles. The van der Waals surface area contributed by atoms with Gasteiger partial charge in [-0.3, -0.25) is 4.79 Å². The fraction of sp³-hybridized carbons (Fsp3) is 0.400. The van der Waals surface area contributed by atoms with Gasteiger partial charge in [-0.1, -0.05) is 0 Å². The smallest absolute Gasteiger partial charge is 0.251 e. The molecule has 1 aromatic rings. The predicted molar refractivity (Wildman–Crippen MR) is 54.1 cm³/mol. The molecule has 76 valence electrons. The summed E-state index contributed by atoms with van der Waals surface area (Å²) in [6.07, 6.45) is 1.66. The summed E-state index contributed by atoms with van der Waals surface area (Å²) in [5.41, 5.74) is 1.06. The number of nitrogens with zero attached hydrogens (tertiary/aromatic N) is 1. The normalized spacial score (nSPS) is 9.86. The van der Waals surface area contributed by atoms with Crippen LogP contribution in [0.5, 0.6) is 0 Å². The highest BCUT2D eigenvalue weighted by Gasteiger charge is 2.02. The molecular formula is C10H14N2O2. The Morgan fingerprint density at radius 3 is 3.07 bits per heavy atom. The molecule has 1 heterocycles. The molecule has 1 aromatic heterocycles. The van der Waals surface area contributed by atoms with Gasteiger partial charge in [0.15, 0.2) is 0 Å². The van der Waals surface area contributed by atoms with Gasteiger partial charge in [-0.25, -0.2) is 4.98 Å². The monoisotopic (exact) mass is 194 g/mol. The lowest BCUT2D eigenvalue weighted by Crippen LogP contribution is -2.18. The zero-order valence-corrected chi connectivity index (χ0v) is 8.41. The molecule has 0 radical (unpaired) electrons. The molecule has 0 fully saturated rings. The van der Waals surface area contributed by atoms with Crippen molar-refractivity contribution in [3.05, 3.63) is 23.9 Å². The molecule has 0 aliphatic carbocycles. The second kappa shape index (κ2) is 5.34. The number of anilines is 1. The number of aromatic nitrogens is 1. The Balaban J connectivity index is 2.47. The SMILES string of the molecule is CCOCC(=O)Nc1cc(C)ccn1. The van der Waals surface area contributed by atoms with Crippen molar-refractivity contribution < 1.29 is 9.53 Å². The number of carbonyl (C=O) groups excluding carboxylic acids is 1. The van der Waals surface area contributed by atoms with Gasteiger partial charge in [-0.2, -0.15) is 0 Å². The molecule has 0 spiro atoms. The number of ether oxygens (including phenoxy) is 1. The van der Waals surface area contributed by atoms with Crippen LogP contribution in [0, 0.1) is 6.92 Å². The summed E-state index contributed by atoms with van der Waals surface area (Å²) in [5, 5.41) is 2.64. The lowest BCUT2D eigenvalue weighted by molar-refractivity contribution is -0.120. The lowest BCUT2D eigenvalue weighted by atomic mass is 10.3. The molecule has 0 saturated heterocycles. The van der Waals surface area contributed by atoms with E-state index in [1.807, 2.05) is 26.0 Å². The quantitative estimate of drug-likeness (QED) is 0.787. The van der Waals surface area contributed by atoms with Crippen molar-refractivity contribution in [2.75, 3.05) is 18.5 Å². The summed E-state index contributed by atoms with van der Waals surface area (Å²) in [6.45, 7) is 4.40. The number of amides is 1. The Kier molecular flexibility index (Phi) is 4.07. The van der Waals surface area contributed by atoms with Gasteiger partial charge in [-0.15, -0.1) is 0 Å². The van der Waals surface area contributed by atoms with Gasteiger partial charge < -0.3 is 10.1 Å². The summed E-state index contributed by atoms with van der Waals surface area (Å²) in [5.74, 6) is 0.389. The van der Waals surface area contributed by atoms with Crippen LogP contribution in [0.15, 0.2) is 18.3 Å². The van der Waals surface area contributed by atoms with Crippen LogP contribution in [0.1, 0.15) is 12.5 Å². The molecule has 0 atom stereocenters. The maximum Gasteiger partial charge on any atom is 0.251 e. The predicted octanol–water partition coefficient (Wildman–Crippen LogP) is 1.37. The fourth-order valence-corrected chi connectivity index (χ4v) is 0.978. The van der Waals surface area contributed by atoms with E-state index in [1.54, 1.807) is 6.20 Å². The van der Waals surface area contributed by atoms with Gasteiger partial charge in [0.05, 0.1) is 0 Å². The summed E-state index contributed by atoms with van der Waals surface area (Å²) in [7, 11) is 0. The number of nitrogens with one attached hydrogen (secondary N) is 1. The van der Waals surface area contributed by atoms with Gasteiger partial charge >= 0.3 is 0 Å². The minimum absolute atomic E-state index is 0.0755. The van der Waals surface area contributed by atoms with E-state index in [2.05, 4.69) is 10.3 Å². The molecule has 0 bridgehead atoms. The van der Waals surface area contributed by atoms with E-state index in [4.69, 9.17) is 4.74 Å². The molecule has 14 heavy (non-hydrogen) atoms. The number of aryl methyl sites for hydroxylation is 1. The summed E-state index contributed by atoms with van der Waals surface area (Å²) in [6, 6.07) is 3.68. The van der Waals surface area contributed by atoms with Crippen molar-refractivity contribution in [1.82, 2.24) is 4.98 Å². The van der Waals surface area contributed by atoms with E-state index < -0.39 is 0 Å². The second-order valence-corrected chi connectivity index (χ2v) is 2.90. The molecular weight excluding hydrogens is 180 g/mol. The molecule has 0 aromatic carbocycles. The third-order valence-electron chi connectivity index (χ3n) is 1.62. The van der Waals surface area contributed by atoms with Crippen molar-refractivity contribution in [2.24, 2.45) is 0 Å². The molecule has 0 aliphatic rings. The van der Waals surface area contributed by atoms with E-state index in [1.165, 1.54) is 0 Å². The van der Waals surface area contributed by atoms with Crippen LogP contribution in [-0.4, -0.2) is 24.1 Å². The van der Waals surface area contributed by atoms with Crippen LogP contribution in [0.2, 0.25) is 0 Å². The Hall–Kier alpha value is -1.42. The zero-order chi connectivity index (χ0) is 10.4. The van der Waals surface area contributed by atoms with E-state index in [0.717, 1.165) is 5.56 Å². The largest absolute Gasteiger partial charge is 0.372 e. The molecule has 0 unspecified atom stereocenters. The topological polar surface area (TPSA) is 51.2 Å². The fourth-order valence-electron chi connectivity index (χ4n) is 0.978. The Morgan fingerprint density at radius 2 is 2.43 bits per heavy atom. The van der Waals surface area contributed by atoms with Crippen molar-refractivity contribution in [1.29, 1.82) is 0 Å². The first-order chi connectivity index (χ1) is 6.72. The minimum atomic E-state index is -0.176. The van der Waals surface area contributed by atoms with Crippen LogP contribution in [0.3, 0.4) is 0 Å². The average molecular weight is 194 g/mol. The molecule has 1 amide bonds. The van der Waals surface area contributed by atoms with Crippen LogP contribution in [0.25, 0.3) is 0 Å². The van der Waals surface area contributed by atoms with Crippen molar-refractivity contribution in [2.45, 2.75) is 13.8 Å².